The van der Waals surface area contributed by atoms with Crippen LogP contribution in [0.1, 0.15) is 52.1 Å². The molecule has 4 aromatic rings. The first-order valence-electron chi connectivity index (χ1n) is 15.3. The number of allylic oxidation sites excluding steroid dienone is 2. The maximum atomic E-state index is 14.0. The van der Waals surface area contributed by atoms with E-state index in [1.165, 1.54) is 104 Å². The molecule has 12 nitrogen and oxygen atoms in total. The van der Waals surface area contributed by atoms with Crippen molar-refractivity contribution in [2.75, 3.05) is 7.11 Å². The minimum atomic E-state index is -1.98. The number of carbonyl (C=O) groups excluding carboxylic acids is 6. The first-order chi connectivity index (χ1) is 24.4. The van der Waals surface area contributed by atoms with Crippen molar-refractivity contribution in [2.45, 2.75) is 26.4 Å². The average molecular weight is 693 g/mol. The number of benzene rings is 4. The number of phenolic OH excluding ortho intramolecular Hbond substituents is 2. The van der Waals surface area contributed by atoms with Crippen LogP contribution >= 0.6 is 0 Å². The van der Waals surface area contributed by atoms with Gasteiger partial charge in [0.25, 0.3) is 0 Å². The van der Waals surface area contributed by atoms with Gasteiger partial charge >= 0.3 is 11.9 Å². The zero-order valence-electron chi connectivity index (χ0n) is 27.7. The van der Waals surface area contributed by atoms with E-state index in [-0.39, 0.29) is 39.9 Å². The summed E-state index contributed by atoms with van der Waals surface area (Å²) in [5.41, 5.74) is 0.507. The number of para-hydroxylation sites is 2. The van der Waals surface area contributed by atoms with Gasteiger partial charge in [-0.25, -0.2) is 0 Å². The predicted octanol–water partition coefficient (Wildman–Crippen LogP) is 5.73. The second-order valence-electron chi connectivity index (χ2n) is 10.8. The van der Waals surface area contributed by atoms with E-state index >= 15 is 0 Å². The zero-order chi connectivity index (χ0) is 37.1. The SMILES string of the molecule is COc1cc(/C=C/C(=O)CC(=O)/C=C/c2ccc(O)c(OC(C(=O)c3ccccc3OC(C)=O)C(=O)c3ccccc3OC(C)=O)c2)ccc1O. The number of carbonyl (C=O) groups is 6. The number of Topliss-reactive ketones (excluding diaryl/α,β-unsaturated/α-hetero) is 2. The van der Waals surface area contributed by atoms with Crippen molar-refractivity contribution in [3.05, 3.63) is 119 Å². The van der Waals surface area contributed by atoms with Crippen LogP contribution in [0.5, 0.6) is 34.5 Å². The summed E-state index contributed by atoms with van der Waals surface area (Å²) < 4.78 is 21.3. The van der Waals surface area contributed by atoms with Crippen molar-refractivity contribution in [1.29, 1.82) is 0 Å². The lowest BCUT2D eigenvalue weighted by atomic mass is 9.97. The maximum Gasteiger partial charge on any atom is 0.308 e. The lowest BCUT2D eigenvalue weighted by Crippen LogP contribution is -2.36. The number of hydrogen-bond donors (Lipinski definition) is 2. The molecule has 0 aliphatic heterocycles. The topological polar surface area (TPSA) is 180 Å². The molecule has 0 aliphatic rings. The number of rotatable bonds is 15. The summed E-state index contributed by atoms with van der Waals surface area (Å²) in [6.07, 6.45) is 2.74. The molecule has 0 fully saturated rings. The summed E-state index contributed by atoms with van der Waals surface area (Å²) in [6.45, 7) is 2.28. The Morgan fingerprint density at radius 1 is 0.608 bits per heavy atom. The van der Waals surface area contributed by atoms with Crippen LogP contribution in [-0.2, 0) is 19.2 Å². The van der Waals surface area contributed by atoms with E-state index < -0.39 is 53.3 Å². The molecule has 0 bridgehead atoms. The molecule has 0 unspecified atom stereocenters. The first kappa shape index (κ1) is 37.0. The third-order valence-electron chi connectivity index (χ3n) is 6.99. The molecule has 0 saturated carbocycles. The molecule has 51 heavy (non-hydrogen) atoms. The fraction of sp³-hybridized carbons (Fsp3) is 0.128. The monoisotopic (exact) mass is 692 g/mol. The number of aromatic hydroxyl groups is 2. The molecule has 0 heterocycles. The van der Waals surface area contributed by atoms with Crippen LogP contribution < -0.4 is 18.9 Å². The fourth-order valence-corrected chi connectivity index (χ4v) is 4.66. The lowest BCUT2D eigenvalue weighted by molar-refractivity contribution is -0.132. The molecular weight excluding hydrogens is 660 g/mol. The Kier molecular flexibility index (Phi) is 12.4. The molecule has 0 radical (unpaired) electrons. The van der Waals surface area contributed by atoms with Crippen LogP contribution in [0.2, 0.25) is 0 Å². The number of esters is 2. The number of methoxy groups -OCH3 is 1. The Balaban J connectivity index is 1.60. The summed E-state index contributed by atoms with van der Waals surface area (Å²) in [4.78, 5) is 76.4. The van der Waals surface area contributed by atoms with Crippen LogP contribution in [0.4, 0.5) is 0 Å². The third-order valence-corrected chi connectivity index (χ3v) is 6.99. The highest BCUT2D eigenvalue weighted by Gasteiger charge is 2.35. The summed E-state index contributed by atoms with van der Waals surface area (Å²) in [6, 6.07) is 19.8. The average Bonchev–Trinajstić information content (AvgIpc) is 3.09. The molecule has 0 saturated heterocycles. The van der Waals surface area contributed by atoms with Crippen molar-refractivity contribution >= 4 is 47.2 Å². The number of ketones is 4. The fourth-order valence-electron chi connectivity index (χ4n) is 4.66. The third kappa shape index (κ3) is 10.1. The number of hydrogen-bond acceptors (Lipinski definition) is 12. The normalized spacial score (nSPS) is 11.0. The van der Waals surface area contributed by atoms with Gasteiger partial charge in [0.15, 0.2) is 34.6 Å². The molecule has 4 rings (SSSR count). The molecule has 12 heteroatoms. The molecule has 0 aromatic heterocycles. The standard InChI is InChI=1S/C39H32O12/c1-23(40)49-33-10-6-4-8-29(33)37(46)39(38(47)30-9-5-7-11-34(30)50-24(2)41)51-36-21-26(15-19-32(36)45)13-17-28(43)22-27(42)16-12-25-14-18-31(44)35(20-25)48-3/h4-21,39,44-45H,22H2,1-3H3/b16-12+,17-13+. The summed E-state index contributed by atoms with van der Waals surface area (Å²) >= 11 is 0. The van der Waals surface area contributed by atoms with E-state index in [1.54, 1.807) is 6.07 Å². The van der Waals surface area contributed by atoms with E-state index in [0.29, 0.717) is 11.1 Å². The van der Waals surface area contributed by atoms with Crippen LogP contribution in [-0.4, -0.2) is 58.5 Å². The van der Waals surface area contributed by atoms with Crippen LogP contribution in [0.25, 0.3) is 12.2 Å². The van der Waals surface area contributed by atoms with E-state index in [1.807, 2.05) is 0 Å². The summed E-state index contributed by atoms with van der Waals surface area (Å²) in [5.74, 6) is -5.27. The molecule has 0 aliphatic carbocycles. The van der Waals surface area contributed by atoms with Crippen molar-refractivity contribution in [3.63, 3.8) is 0 Å². The van der Waals surface area contributed by atoms with Gasteiger partial charge in [-0.3, -0.25) is 28.8 Å². The minimum absolute atomic E-state index is 0.0630. The van der Waals surface area contributed by atoms with Gasteiger partial charge < -0.3 is 29.2 Å². The van der Waals surface area contributed by atoms with Gasteiger partial charge in [-0.05, 0) is 71.8 Å². The van der Waals surface area contributed by atoms with Gasteiger partial charge in [-0.15, -0.1) is 0 Å². The molecule has 0 amide bonds. The lowest BCUT2D eigenvalue weighted by Gasteiger charge is -2.20. The van der Waals surface area contributed by atoms with Crippen LogP contribution in [0.15, 0.2) is 97.1 Å². The smallest absolute Gasteiger partial charge is 0.308 e. The Morgan fingerprint density at radius 2 is 1.04 bits per heavy atom. The van der Waals surface area contributed by atoms with E-state index in [2.05, 4.69) is 0 Å². The van der Waals surface area contributed by atoms with E-state index in [9.17, 15) is 39.0 Å². The summed E-state index contributed by atoms with van der Waals surface area (Å²) in [5, 5.41) is 20.4. The molecule has 2 N–H and O–H groups in total. The van der Waals surface area contributed by atoms with Gasteiger partial charge in [-0.1, -0.05) is 48.6 Å². The Morgan fingerprint density at radius 3 is 1.49 bits per heavy atom. The molecular formula is C39H32O12. The Bertz CT molecular complexity index is 1990. The second kappa shape index (κ2) is 17.0. The number of phenols is 2. The first-order valence-corrected chi connectivity index (χ1v) is 15.3. The quantitative estimate of drug-likeness (QED) is 0.0509. The van der Waals surface area contributed by atoms with Crippen molar-refractivity contribution in [3.8, 4) is 34.5 Å². The molecule has 260 valence electrons. The zero-order valence-corrected chi connectivity index (χ0v) is 27.7. The van der Waals surface area contributed by atoms with Crippen molar-refractivity contribution in [2.24, 2.45) is 0 Å². The van der Waals surface area contributed by atoms with E-state index in [4.69, 9.17) is 18.9 Å². The minimum Gasteiger partial charge on any atom is -0.504 e. The molecule has 4 aromatic carbocycles. The summed E-state index contributed by atoms with van der Waals surface area (Å²) in [7, 11) is 1.39. The van der Waals surface area contributed by atoms with Gasteiger partial charge in [0.1, 0.15) is 11.5 Å². The Labute approximate surface area is 292 Å². The van der Waals surface area contributed by atoms with Crippen LogP contribution in [0, 0.1) is 0 Å². The van der Waals surface area contributed by atoms with Gasteiger partial charge in [-0.2, -0.15) is 0 Å². The predicted molar refractivity (Wildman–Crippen MR) is 184 cm³/mol. The van der Waals surface area contributed by atoms with Gasteiger partial charge in [0.2, 0.25) is 17.7 Å². The molecule has 0 atom stereocenters. The highest BCUT2D eigenvalue weighted by Crippen LogP contribution is 2.32. The second-order valence-corrected chi connectivity index (χ2v) is 10.8. The van der Waals surface area contributed by atoms with Gasteiger partial charge in [0.05, 0.1) is 24.7 Å². The van der Waals surface area contributed by atoms with E-state index in [0.717, 1.165) is 19.9 Å². The van der Waals surface area contributed by atoms with Gasteiger partial charge in [0, 0.05) is 13.8 Å². The maximum absolute atomic E-state index is 14.0. The van der Waals surface area contributed by atoms with Crippen LogP contribution in [0.3, 0.4) is 0 Å². The Hall–Kier alpha value is -6.82. The molecule has 0 spiro atoms. The van der Waals surface area contributed by atoms with Crippen molar-refractivity contribution in [1.82, 2.24) is 0 Å². The van der Waals surface area contributed by atoms with Crippen molar-refractivity contribution < 1.29 is 57.9 Å². The highest BCUT2D eigenvalue weighted by atomic mass is 16.5. The highest BCUT2D eigenvalue weighted by molar-refractivity contribution is 6.20. The number of ether oxygens (including phenoxy) is 4. The largest absolute Gasteiger partial charge is 0.504 e.